The molecule has 2 fully saturated rings. The summed E-state index contributed by atoms with van der Waals surface area (Å²) in [5.41, 5.74) is -2.15. The Hall–Kier alpha value is -1.50. The number of halogens is 4. The van der Waals surface area contributed by atoms with Crippen LogP contribution < -0.4 is 4.90 Å². The third-order valence-corrected chi connectivity index (χ3v) is 4.99. The van der Waals surface area contributed by atoms with Gasteiger partial charge in [0.15, 0.2) is 0 Å². The number of alkyl halides is 3. The van der Waals surface area contributed by atoms with Crippen LogP contribution in [0.3, 0.4) is 0 Å². The van der Waals surface area contributed by atoms with Gasteiger partial charge in [-0.3, -0.25) is 4.79 Å². The fourth-order valence-electron chi connectivity index (χ4n) is 3.15. The monoisotopic (exact) mass is 347 g/mol. The molecule has 0 radical (unpaired) electrons. The van der Waals surface area contributed by atoms with Crippen LogP contribution in [0.5, 0.6) is 0 Å². The van der Waals surface area contributed by atoms with Crippen LogP contribution in [0, 0.1) is 5.41 Å². The summed E-state index contributed by atoms with van der Waals surface area (Å²) >= 11 is 5.79. The molecule has 0 spiro atoms. The summed E-state index contributed by atoms with van der Waals surface area (Å²) in [6.45, 7) is 1.49. The molecule has 4 nitrogen and oxygen atoms in total. The quantitative estimate of drug-likeness (QED) is 0.824. The Labute approximate surface area is 137 Å². The zero-order valence-corrected chi connectivity index (χ0v) is 13.2. The van der Waals surface area contributed by atoms with E-state index in [2.05, 4.69) is 4.98 Å². The molecular formula is C15H17ClF3N3O. The Morgan fingerprint density at radius 1 is 1.17 bits per heavy atom. The first-order valence-corrected chi connectivity index (χ1v) is 7.94. The van der Waals surface area contributed by atoms with E-state index in [1.54, 1.807) is 12.1 Å². The molecule has 1 amide bonds. The van der Waals surface area contributed by atoms with Gasteiger partial charge in [-0.15, -0.1) is 0 Å². The molecule has 0 unspecified atom stereocenters. The molecule has 126 valence electrons. The summed E-state index contributed by atoms with van der Waals surface area (Å²) in [5.74, 6) is -0.0457. The first-order valence-electron chi connectivity index (χ1n) is 7.56. The van der Waals surface area contributed by atoms with Crippen molar-refractivity contribution < 1.29 is 18.0 Å². The van der Waals surface area contributed by atoms with Crippen LogP contribution in [0.2, 0.25) is 5.02 Å². The van der Waals surface area contributed by atoms with Crippen molar-refractivity contribution in [1.29, 1.82) is 0 Å². The summed E-state index contributed by atoms with van der Waals surface area (Å²) in [6.07, 6.45) is -2.65. The second-order valence-electron chi connectivity index (χ2n) is 6.05. The average Bonchev–Trinajstić information content (AvgIpc) is 2.45. The molecule has 1 aliphatic carbocycles. The van der Waals surface area contributed by atoms with Gasteiger partial charge < -0.3 is 9.80 Å². The molecule has 1 aromatic rings. The van der Waals surface area contributed by atoms with E-state index < -0.39 is 17.5 Å². The van der Waals surface area contributed by atoms with Crippen molar-refractivity contribution >= 4 is 23.3 Å². The molecule has 0 N–H and O–H groups in total. The van der Waals surface area contributed by atoms with Crippen molar-refractivity contribution in [1.82, 2.24) is 9.88 Å². The number of piperazine rings is 1. The number of hydrogen-bond acceptors (Lipinski definition) is 3. The summed E-state index contributed by atoms with van der Waals surface area (Å²) in [5, 5.41) is 0.527. The third kappa shape index (κ3) is 2.86. The van der Waals surface area contributed by atoms with E-state index in [9.17, 15) is 18.0 Å². The van der Waals surface area contributed by atoms with Crippen LogP contribution in [0.15, 0.2) is 18.3 Å². The van der Waals surface area contributed by atoms with Crippen molar-refractivity contribution in [3.05, 3.63) is 23.4 Å². The number of hydrogen-bond donors (Lipinski definition) is 0. The van der Waals surface area contributed by atoms with Crippen molar-refractivity contribution in [2.45, 2.75) is 25.4 Å². The number of pyridine rings is 1. The molecule has 3 rings (SSSR count). The normalized spacial score (nSPS) is 21.0. The van der Waals surface area contributed by atoms with E-state index in [-0.39, 0.29) is 25.9 Å². The molecule has 0 atom stereocenters. The van der Waals surface area contributed by atoms with Gasteiger partial charge in [0.05, 0.1) is 5.02 Å². The highest BCUT2D eigenvalue weighted by Crippen LogP contribution is 2.54. The van der Waals surface area contributed by atoms with Gasteiger partial charge in [0.1, 0.15) is 11.2 Å². The van der Waals surface area contributed by atoms with Crippen molar-refractivity contribution in [3.8, 4) is 0 Å². The molecule has 1 saturated heterocycles. The van der Waals surface area contributed by atoms with Crippen molar-refractivity contribution in [2.24, 2.45) is 5.41 Å². The fourth-order valence-corrected chi connectivity index (χ4v) is 3.26. The van der Waals surface area contributed by atoms with Crippen LogP contribution in [0.1, 0.15) is 19.3 Å². The Bertz CT molecular complexity index is 579. The molecule has 23 heavy (non-hydrogen) atoms. The van der Waals surface area contributed by atoms with Crippen molar-refractivity contribution in [3.63, 3.8) is 0 Å². The molecule has 0 bridgehead atoms. The second kappa shape index (κ2) is 5.85. The van der Waals surface area contributed by atoms with Crippen LogP contribution in [0.25, 0.3) is 0 Å². The Morgan fingerprint density at radius 3 is 2.26 bits per heavy atom. The minimum Gasteiger partial charge on any atom is -0.353 e. The van der Waals surface area contributed by atoms with Gasteiger partial charge in [0, 0.05) is 32.4 Å². The number of rotatable bonds is 2. The minimum absolute atomic E-state index is 0.0890. The van der Waals surface area contributed by atoms with Crippen LogP contribution in [-0.4, -0.2) is 48.1 Å². The van der Waals surface area contributed by atoms with Gasteiger partial charge in [0.25, 0.3) is 0 Å². The standard InChI is InChI=1S/C15H17ClF3N3O/c16-11-2-3-12(20-10-11)21-6-8-22(9-7-21)13(23)14(4-1-5-14)15(17,18)19/h2-3,10H,1,4-9H2. The number of amides is 1. The third-order valence-electron chi connectivity index (χ3n) is 4.76. The van der Waals surface area contributed by atoms with Crippen LogP contribution in [-0.2, 0) is 4.79 Å². The maximum absolute atomic E-state index is 13.3. The summed E-state index contributed by atoms with van der Waals surface area (Å²) in [4.78, 5) is 19.9. The van der Waals surface area contributed by atoms with E-state index in [0.29, 0.717) is 24.5 Å². The van der Waals surface area contributed by atoms with Gasteiger partial charge in [-0.05, 0) is 25.0 Å². The Kier molecular flexibility index (Phi) is 4.16. The minimum atomic E-state index is -4.46. The van der Waals surface area contributed by atoms with Gasteiger partial charge in [-0.1, -0.05) is 18.0 Å². The molecule has 1 aliphatic heterocycles. The lowest BCUT2D eigenvalue weighted by molar-refractivity contribution is -0.248. The van der Waals surface area contributed by atoms with Gasteiger partial charge in [0.2, 0.25) is 5.91 Å². The van der Waals surface area contributed by atoms with Gasteiger partial charge >= 0.3 is 6.18 Å². The number of nitrogens with zero attached hydrogens (tertiary/aromatic N) is 3. The Morgan fingerprint density at radius 2 is 1.83 bits per heavy atom. The summed E-state index contributed by atoms with van der Waals surface area (Å²) in [7, 11) is 0. The zero-order valence-electron chi connectivity index (χ0n) is 12.4. The van der Waals surface area contributed by atoms with Crippen molar-refractivity contribution in [2.75, 3.05) is 31.1 Å². The molecule has 2 heterocycles. The average molecular weight is 348 g/mol. The maximum Gasteiger partial charge on any atom is 0.403 e. The first-order chi connectivity index (χ1) is 10.8. The molecular weight excluding hydrogens is 331 g/mol. The first kappa shape index (κ1) is 16.4. The fraction of sp³-hybridized carbons (Fsp3) is 0.600. The molecule has 1 saturated carbocycles. The maximum atomic E-state index is 13.3. The smallest absolute Gasteiger partial charge is 0.353 e. The largest absolute Gasteiger partial charge is 0.403 e. The second-order valence-corrected chi connectivity index (χ2v) is 6.48. The van der Waals surface area contributed by atoms with Crippen LogP contribution in [0.4, 0.5) is 19.0 Å². The topological polar surface area (TPSA) is 36.4 Å². The predicted molar refractivity (Wildman–Crippen MR) is 80.4 cm³/mol. The highest BCUT2D eigenvalue weighted by molar-refractivity contribution is 6.30. The highest BCUT2D eigenvalue weighted by Gasteiger charge is 2.64. The van der Waals surface area contributed by atoms with E-state index in [1.807, 2.05) is 4.90 Å². The molecule has 1 aromatic heterocycles. The van der Waals surface area contributed by atoms with E-state index in [0.717, 1.165) is 5.82 Å². The van der Waals surface area contributed by atoms with E-state index in [1.165, 1.54) is 11.1 Å². The summed E-state index contributed by atoms with van der Waals surface area (Å²) < 4.78 is 39.8. The zero-order chi connectivity index (χ0) is 16.7. The Balaban J connectivity index is 1.65. The van der Waals surface area contributed by atoms with Crippen LogP contribution >= 0.6 is 11.6 Å². The van der Waals surface area contributed by atoms with Gasteiger partial charge in [-0.25, -0.2) is 4.98 Å². The molecule has 8 heteroatoms. The predicted octanol–water partition coefficient (Wildman–Crippen LogP) is 3.12. The number of carbonyl (C=O) groups excluding carboxylic acids is 1. The lowest BCUT2D eigenvalue weighted by Crippen LogP contribution is -2.59. The van der Waals surface area contributed by atoms with Gasteiger partial charge in [-0.2, -0.15) is 13.2 Å². The highest BCUT2D eigenvalue weighted by atomic mass is 35.5. The molecule has 2 aliphatic rings. The summed E-state index contributed by atoms with van der Waals surface area (Å²) in [6, 6.07) is 3.48. The lowest BCUT2D eigenvalue weighted by atomic mass is 9.67. The lowest BCUT2D eigenvalue weighted by Gasteiger charge is -2.46. The number of aromatic nitrogens is 1. The number of anilines is 1. The SMILES string of the molecule is O=C(N1CCN(c2ccc(Cl)cn2)CC1)C1(C(F)(F)F)CCC1. The number of carbonyl (C=O) groups is 1. The molecule has 0 aromatic carbocycles. The van der Waals surface area contributed by atoms with E-state index in [4.69, 9.17) is 11.6 Å². The van der Waals surface area contributed by atoms with E-state index >= 15 is 0 Å².